The third kappa shape index (κ3) is 2.31. The summed E-state index contributed by atoms with van der Waals surface area (Å²) in [6.45, 7) is 4.64. The molecule has 0 unspecified atom stereocenters. The maximum Gasteiger partial charge on any atom is 0.335 e. The summed E-state index contributed by atoms with van der Waals surface area (Å²) in [6.07, 6.45) is 2.02. The van der Waals surface area contributed by atoms with E-state index in [2.05, 4.69) is 26.0 Å². The first kappa shape index (κ1) is 13.4. The first-order valence-corrected chi connectivity index (χ1v) is 6.85. The maximum absolute atomic E-state index is 11.2. The number of hydrogen-bond acceptors (Lipinski definition) is 2. The highest BCUT2D eigenvalue weighted by atomic mass is 16.5. The molecule has 0 saturated carbocycles. The third-order valence-corrected chi connectivity index (χ3v) is 3.79. The van der Waals surface area contributed by atoms with E-state index in [-0.39, 0.29) is 5.56 Å². The minimum atomic E-state index is -0.927. The zero-order valence-corrected chi connectivity index (χ0v) is 12.0. The van der Waals surface area contributed by atoms with Crippen LogP contribution in [0.2, 0.25) is 0 Å². The van der Waals surface area contributed by atoms with Crippen LogP contribution in [-0.4, -0.2) is 17.7 Å². The Labute approximate surface area is 123 Å². The number of hydrogen-bond donors (Lipinski definition) is 1. The minimum absolute atomic E-state index is 0.274. The van der Waals surface area contributed by atoms with E-state index in [4.69, 9.17) is 4.74 Å². The predicted molar refractivity (Wildman–Crippen MR) is 81.9 cm³/mol. The average Bonchev–Trinajstić information content (AvgIpc) is 2.46. The largest absolute Gasteiger partial charge is 0.489 e. The molecule has 2 aromatic carbocycles. The van der Waals surface area contributed by atoms with Crippen molar-refractivity contribution in [3.8, 4) is 5.75 Å². The highest BCUT2D eigenvalue weighted by molar-refractivity contribution is 5.93. The Morgan fingerprint density at radius 1 is 1.14 bits per heavy atom. The SMILES string of the molecule is Cc1cccc(C)c1C1=CCOc2ccc(C(=O)O)cc21. The van der Waals surface area contributed by atoms with Crippen molar-refractivity contribution < 1.29 is 14.6 Å². The summed E-state index contributed by atoms with van der Waals surface area (Å²) in [5.74, 6) is -0.190. The lowest BCUT2D eigenvalue weighted by Gasteiger charge is -2.22. The van der Waals surface area contributed by atoms with Gasteiger partial charge in [0.1, 0.15) is 12.4 Å². The van der Waals surface area contributed by atoms with Crippen LogP contribution in [0.4, 0.5) is 0 Å². The van der Waals surface area contributed by atoms with Gasteiger partial charge < -0.3 is 9.84 Å². The molecule has 0 radical (unpaired) electrons. The lowest BCUT2D eigenvalue weighted by Crippen LogP contribution is -2.09. The molecule has 3 rings (SSSR count). The van der Waals surface area contributed by atoms with Crippen LogP contribution in [-0.2, 0) is 0 Å². The molecule has 2 aromatic rings. The van der Waals surface area contributed by atoms with Crippen LogP contribution in [0.25, 0.3) is 5.57 Å². The number of aryl methyl sites for hydroxylation is 2. The monoisotopic (exact) mass is 280 g/mol. The zero-order chi connectivity index (χ0) is 15.0. The summed E-state index contributed by atoms with van der Waals surface area (Å²) in [4.78, 5) is 11.2. The molecule has 0 bridgehead atoms. The van der Waals surface area contributed by atoms with Crippen LogP contribution >= 0.6 is 0 Å². The van der Waals surface area contributed by atoms with Crippen LogP contribution in [0.3, 0.4) is 0 Å². The summed E-state index contributed by atoms with van der Waals surface area (Å²) < 4.78 is 5.62. The smallest absolute Gasteiger partial charge is 0.335 e. The lowest BCUT2D eigenvalue weighted by atomic mass is 9.88. The Kier molecular flexibility index (Phi) is 3.26. The molecule has 1 aliphatic heterocycles. The van der Waals surface area contributed by atoms with E-state index >= 15 is 0 Å². The highest BCUT2D eigenvalue weighted by Crippen LogP contribution is 2.37. The quantitative estimate of drug-likeness (QED) is 0.909. The first-order valence-electron chi connectivity index (χ1n) is 6.85. The number of rotatable bonds is 2. The van der Waals surface area contributed by atoms with Gasteiger partial charge in [-0.05, 0) is 60.4 Å². The number of ether oxygens (including phenoxy) is 1. The Balaban J connectivity index is 2.21. The molecule has 0 saturated heterocycles. The summed E-state index contributed by atoms with van der Waals surface area (Å²) in [5, 5.41) is 9.19. The van der Waals surface area contributed by atoms with E-state index in [1.54, 1.807) is 18.2 Å². The Bertz CT molecular complexity index is 737. The van der Waals surface area contributed by atoms with E-state index in [0.29, 0.717) is 6.61 Å². The van der Waals surface area contributed by atoms with Crippen LogP contribution in [0.5, 0.6) is 5.75 Å². The highest BCUT2D eigenvalue weighted by Gasteiger charge is 2.19. The van der Waals surface area contributed by atoms with Crippen molar-refractivity contribution >= 4 is 11.5 Å². The Morgan fingerprint density at radius 3 is 2.52 bits per heavy atom. The van der Waals surface area contributed by atoms with Crippen molar-refractivity contribution in [3.05, 3.63) is 70.3 Å². The molecule has 21 heavy (non-hydrogen) atoms. The molecule has 0 spiro atoms. The second-order valence-corrected chi connectivity index (χ2v) is 5.21. The lowest BCUT2D eigenvalue weighted by molar-refractivity contribution is 0.0697. The molecule has 1 aliphatic rings. The van der Waals surface area contributed by atoms with Gasteiger partial charge in [-0.1, -0.05) is 18.2 Å². The van der Waals surface area contributed by atoms with E-state index in [1.807, 2.05) is 12.1 Å². The fraction of sp³-hybridized carbons (Fsp3) is 0.167. The van der Waals surface area contributed by atoms with E-state index in [1.165, 1.54) is 11.1 Å². The van der Waals surface area contributed by atoms with Gasteiger partial charge in [0, 0.05) is 5.56 Å². The van der Waals surface area contributed by atoms with Gasteiger partial charge in [0.25, 0.3) is 0 Å². The molecule has 0 fully saturated rings. The van der Waals surface area contributed by atoms with Gasteiger partial charge in [0.2, 0.25) is 0 Å². The van der Waals surface area contributed by atoms with Crippen molar-refractivity contribution in [2.24, 2.45) is 0 Å². The summed E-state index contributed by atoms with van der Waals surface area (Å²) in [6, 6.07) is 11.2. The number of carbonyl (C=O) groups is 1. The number of carboxylic acid groups (broad SMARTS) is 1. The van der Waals surface area contributed by atoms with Gasteiger partial charge in [0.15, 0.2) is 0 Å². The third-order valence-electron chi connectivity index (χ3n) is 3.79. The van der Waals surface area contributed by atoms with Gasteiger partial charge in [0.05, 0.1) is 5.56 Å². The van der Waals surface area contributed by atoms with E-state index in [0.717, 1.165) is 22.4 Å². The summed E-state index contributed by atoms with van der Waals surface area (Å²) in [7, 11) is 0. The van der Waals surface area contributed by atoms with Crippen LogP contribution < -0.4 is 4.74 Å². The fourth-order valence-electron chi connectivity index (χ4n) is 2.80. The molecular weight excluding hydrogens is 264 g/mol. The molecule has 0 aliphatic carbocycles. The van der Waals surface area contributed by atoms with Gasteiger partial charge in [-0.15, -0.1) is 0 Å². The normalized spacial score (nSPS) is 13.1. The van der Waals surface area contributed by atoms with Crippen molar-refractivity contribution in [1.29, 1.82) is 0 Å². The summed E-state index contributed by atoms with van der Waals surface area (Å²) >= 11 is 0. The number of aromatic carboxylic acids is 1. The van der Waals surface area contributed by atoms with Crippen LogP contribution in [0.1, 0.15) is 32.6 Å². The van der Waals surface area contributed by atoms with Gasteiger partial charge >= 0.3 is 5.97 Å². The standard InChI is InChI=1S/C18H16O3/c1-11-4-3-5-12(2)17(11)14-8-9-21-16-7-6-13(18(19)20)10-15(14)16/h3-8,10H,9H2,1-2H3,(H,19,20). The predicted octanol–water partition coefficient (Wildman–Crippen LogP) is 3.83. The number of benzene rings is 2. The van der Waals surface area contributed by atoms with Gasteiger partial charge in [-0.25, -0.2) is 4.79 Å². The van der Waals surface area contributed by atoms with E-state index < -0.39 is 5.97 Å². The van der Waals surface area contributed by atoms with Crippen molar-refractivity contribution in [2.45, 2.75) is 13.8 Å². The molecule has 106 valence electrons. The average molecular weight is 280 g/mol. The van der Waals surface area contributed by atoms with Gasteiger partial charge in [-0.2, -0.15) is 0 Å². The van der Waals surface area contributed by atoms with Crippen LogP contribution in [0, 0.1) is 13.8 Å². The Morgan fingerprint density at radius 2 is 1.86 bits per heavy atom. The second kappa shape index (κ2) is 5.09. The van der Waals surface area contributed by atoms with Crippen molar-refractivity contribution in [2.75, 3.05) is 6.61 Å². The first-order chi connectivity index (χ1) is 10.1. The fourth-order valence-corrected chi connectivity index (χ4v) is 2.80. The molecule has 0 amide bonds. The summed E-state index contributed by atoms with van der Waals surface area (Å²) in [5.41, 5.74) is 5.68. The van der Waals surface area contributed by atoms with Crippen molar-refractivity contribution in [1.82, 2.24) is 0 Å². The molecule has 3 heteroatoms. The van der Waals surface area contributed by atoms with Crippen molar-refractivity contribution in [3.63, 3.8) is 0 Å². The number of carboxylic acids is 1. The zero-order valence-electron chi connectivity index (χ0n) is 12.0. The molecule has 3 nitrogen and oxygen atoms in total. The molecule has 1 N–H and O–H groups in total. The number of fused-ring (bicyclic) bond motifs is 1. The second-order valence-electron chi connectivity index (χ2n) is 5.21. The molecular formula is C18H16O3. The topological polar surface area (TPSA) is 46.5 Å². The molecule has 1 heterocycles. The van der Waals surface area contributed by atoms with Gasteiger partial charge in [-0.3, -0.25) is 0 Å². The molecule has 0 aromatic heterocycles. The molecule has 0 atom stereocenters. The van der Waals surface area contributed by atoms with E-state index in [9.17, 15) is 9.90 Å². The minimum Gasteiger partial charge on any atom is -0.489 e. The maximum atomic E-state index is 11.2. The Hall–Kier alpha value is -2.55. The van der Waals surface area contributed by atoms with Crippen LogP contribution in [0.15, 0.2) is 42.5 Å².